The quantitative estimate of drug-likeness (QED) is 0.396. The van der Waals surface area contributed by atoms with Crippen LogP contribution in [0.15, 0.2) is 54.9 Å². The molecule has 9 heteroatoms. The van der Waals surface area contributed by atoms with Crippen LogP contribution >= 0.6 is 0 Å². The second kappa shape index (κ2) is 8.32. The third-order valence-electron chi connectivity index (χ3n) is 6.29. The molecule has 1 aliphatic heterocycles. The van der Waals surface area contributed by atoms with Crippen molar-refractivity contribution in [2.24, 2.45) is 0 Å². The van der Waals surface area contributed by atoms with E-state index in [1.165, 1.54) is 5.57 Å². The number of rotatable bonds is 4. The minimum atomic E-state index is -4.47. The molecular formula is C25H25F3N6. The topological polar surface area (TPSA) is 71.5 Å². The summed E-state index contributed by atoms with van der Waals surface area (Å²) >= 11 is 0. The molecule has 1 aliphatic rings. The summed E-state index contributed by atoms with van der Waals surface area (Å²) in [6, 6.07) is 9.38. The van der Waals surface area contributed by atoms with E-state index < -0.39 is 17.8 Å². The number of nitrogens with one attached hydrogen (secondary N) is 1. The number of fused-ring (bicyclic) bond motifs is 3. The number of likely N-dealkylation sites (N-methyl/N-ethyl adjacent to an activating group) is 1. The van der Waals surface area contributed by atoms with E-state index in [2.05, 4.69) is 45.4 Å². The number of aromatic nitrogens is 3. The van der Waals surface area contributed by atoms with Gasteiger partial charge in [-0.3, -0.25) is 4.40 Å². The van der Waals surface area contributed by atoms with Crippen LogP contribution in [0, 0.1) is 0 Å². The fourth-order valence-corrected chi connectivity index (χ4v) is 4.38. The summed E-state index contributed by atoms with van der Waals surface area (Å²) in [7, 11) is 2.09. The molecule has 3 heterocycles. The molecular weight excluding hydrogens is 441 g/mol. The Morgan fingerprint density at radius 2 is 1.97 bits per heavy atom. The van der Waals surface area contributed by atoms with Gasteiger partial charge in [-0.05, 0) is 67.4 Å². The normalized spacial score (nSPS) is 16.1. The molecule has 0 amide bonds. The van der Waals surface area contributed by atoms with E-state index in [-0.39, 0.29) is 5.69 Å². The lowest BCUT2D eigenvalue weighted by molar-refractivity contribution is -0.137. The number of anilines is 2. The highest BCUT2D eigenvalue weighted by Crippen LogP contribution is 2.35. The Bertz CT molecular complexity index is 1410. The minimum absolute atomic E-state index is 0.0662. The van der Waals surface area contributed by atoms with E-state index in [4.69, 9.17) is 5.73 Å². The molecule has 3 N–H and O–H groups in total. The average molecular weight is 467 g/mol. The molecule has 0 saturated carbocycles. The van der Waals surface area contributed by atoms with Crippen LogP contribution < -0.4 is 11.1 Å². The highest BCUT2D eigenvalue weighted by molar-refractivity contribution is 5.93. The van der Waals surface area contributed by atoms with Crippen LogP contribution in [0.4, 0.5) is 24.7 Å². The summed E-state index contributed by atoms with van der Waals surface area (Å²) in [6.07, 6.45) is 2.23. The lowest BCUT2D eigenvalue weighted by Gasteiger charge is -2.23. The molecule has 176 valence electrons. The second-order valence-electron chi connectivity index (χ2n) is 8.78. The zero-order valence-corrected chi connectivity index (χ0v) is 18.9. The third kappa shape index (κ3) is 4.19. The van der Waals surface area contributed by atoms with Gasteiger partial charge < -0.3 is 16.0 Å². The second-order valence-corrected chi connectivity index (χ2v) is 8.78. The fraction of sp³-hybridized carbons (Fsp3) is 0.280. The molecule has 0 radical (unpaired) electrons. The van der Waals surface area contributed by atoms with Crippen molar-refractivity contribution in [2.75, 3.05) is 31.2 Å². The predicted octanol–water partition coefficient (Wildman–Crippen LogP) is 5.38. The van der Waals surface area contributed by atoms with Gasteiger partial charge in [-0.1, -0.05) is 12.1 Å². The number of alkyl halides is 3. The summed E-state index contributed by atoms with van der Waals surface area (Å²) in [5, 5.41) is 4.18. The first-order valence-electron chi connectivity index (χ1n) is 11.1. The third-order valence-corrected chi connectivity index (χ3v) is 6.29. The van der Waals surface area contributed by atoms with Gasteiger partial charge in [0.1, 0.15) is 5.82 Å². The van der Waals surface area contributed by atoms with Crippen LogP contribution in [0.3, 0.4) is 0 Å². The van der Waals surface area contributed by atoms with Crippen molar-refractivity contribution in [3.63, 3.8) is 0 Å². The zero-order valence-electron chi connectivity index (χ0n) is 18.9. The van der Waals surface area contributed by atoms with Crippen molar-refractivity contribution in [1.82, 2.24) is 19.3 Å². The maximum atomic E-state index is 13.3. The summed E-state index contributed by atoms with van der Waals surface area (Å²) in [5.74, 6) is 1.07. The van der Waals surface area contributed by atoms with E-state index in [1.54, 1.807) is 19.2 Å². The van der Waals surface area contributed by atoms with Gasteiger partial charge in [0.25, 0.3) is 0 Å². The van der Waals surface area contributed by atoms with E-state index in [0.717, 1.165) is 48.1 Å². The first-order chi connectivity index (χ1) is 16.2. The van der Waals surface area contributed by atoms with Crippen molar-refractivity contribution < 1.29 is 13.2 Å². The lowest BCUT2D eigenvalue weighted by atomic mass is 9.98. The van der Waals surface area contributed by atoms with E-state index >= 15 is 0 Å². The summed E-state index contributed by atoms with van der Waals surface area (Å²) in [4.78, 5) is 11.3. The molecule has 34 heavy (non-hydrogen) atoms. The molecule has 1 atom stereocenters. The van der Waals surface area contributed by atoms with Crippen molar-refractivity contribution in [3.05, 3.63) is 71.6 Å². The molecule has 1 unspecified atom stereocenters. The fourth-order valence-electron chi connectivity index (χ4n) is 4.38. The van der Waals surface area contributed by atoms with Gasteiger partial charge in [0.2, 0.25) is 5.78 Å². The van der Waals surface area contributed by atoms with Gasteiger partial charge in [0.15, 0.2) is 0 Å². The summed E-state index contributed by atoms with van der Waals surface area (Å²) < 4.78 is 41.9. The van der Waals surface area contributed by atoms with Crippen LogP contribution in [-0.4, -0.2) is 39.4 Å². The predicted molar refractivity (Wildman–Crippen MR) is 128 cm³/mol. The van der Waals surface area contributed by atoms with Crippen molar-refractivity contribution >= 4 is 33.8 Å². The van der Waals surface area contributed by atoms with Gasteiger partial charge in [-0.2, -0.15) is 18.2 Å². The van der Waals surface area contributed by atoms with Crippen molar-refractivity contribution in [1.29, 1.82) is 0 Å². The molecule has 5 rings (SSSR count). The van der Waals surface area contributed by atoms with E-state index in [0.29, 0.717) is 17.2 Å². The number of benzene rings is 2. The number of nitrogens with zero attached hydrogens (tertiary/aromatic N) is 4. The maximum Gasteiger partial charge on any atom is 0.416 e. The minimum Gasteiger partial charge on any atom is -0.399 e. The van der Waals surface area contributed by atoms with Crippen molar-refractivity contribution in [3.8, 4) is 0 Å². The maximum absolute atomic E-state index is 13.3. The summed E-state index contributed by atoms with van der Waals surface area (Å²) in [5.41, 5.74) is 8.81. The monoisotopic (exact) mass is 466 g/mol. The largest absolute Gasteiger partial charge is 0.416 e. The Labute approximate surface area is 194 Å². The van der Waals surface area contributed by atoms with E-state index in [1.807, 2.05) is 16.7 Å². The molecule has 0 bridgehead atoms. The Hall–Kier alpha value is -3.59. The molecule has 2 aromatic carbocycles. The molecule has 0 aliphatic carbocycles. The highest BCUT2D eigenvalue weighted by atomic mass is 19.4. The van der Waals surface area contributed by atoms with Crippen LogP contribution in [0.2, 0.25) is 0 Å². The van der Waals surface area contributed by atoms with Crippen LogP contribution in [0.1, 0.15) is 36.1 Å². The Morgan fingerprint density at radius 3 is 2.71 bits per heavy atom. The van der Waals surface area contributed by atoms with Crippen LogP contribution in [0.5, 0.6) is 0 Å². The van der Waals surface area contributed by atoms with Gasteiger partial charge in [0, 0.05) is 36.6 Å². The first-order valence-corrected chi connectivity index (χ1v) is 11.1. The first kappa shape index (κ1) is 22.2. The number of hydrogen-bond donors (Lipinski definition) is 2. The average Bonchev–Trinajstić information content (AvgIpc) is 3.27. The van der Waals surface area contributed by atoms with Gasteiger partial charge >= 0.3 is 6.18 Å². The molecule has 6 nitrogen and oxygen atoms in total. The number of nitrogens with two attached hydrogens (primary N) is 1. The smallest absolute Gasteiger partial charge is 0.399 e. The van der Waals surface area contributed by atoms with Crippen molar-refractivity contribution in [2.45, 2.75) is 25.6 Å². The zero-order chi connectivity index (χ0) is 24.0. The summed E-state index contributed by atoms with van der Waals surface area (Å²) in [6.45, 7) is 3.68. The Kier molecular flexibility index (Phi) is 5.44. The van der Waals surface area contributed by atoms with Gasteiger partial charge in [-0.25, -0.2) is 4.98 Å². The number of imidazole rings is 1. The van der Waals surface area contributed by atoms with E-state index in [9.17, 15) is 13.2 Å². The standard InChI is InChI=1S/C25H25F3N6/c1-15(18-11-19(25(26,27)28)14-20(29)12-18)31-23-21-13-17(16-5-8-33(2)9-6-16)3-4-22(21)34-10-7-30-24(34)32-23/h3-5,7,10-15H,6,8-9,29H2,1-2H3,(H,30,31,32). The molecule has 0 saturated heterocycles. The Morgan fingerprint density at radius 1 is 1.15 bits per heavy atom. The van der Waals surface area contributed by atoms with Crippen LogP contribution in [-0.2, 0) is 6.18 Å². The highest BCUT2D eigenvalue weighted by Gasteiger charge is 2.31. The van der Waals surface area contributed by atoms with Gasteiger partial charge in [0.05, 0.1) is 17.1 Å². The Balaban J connectivity index is 1.58. The number of nitrogen functional groups attached to an aromatic ring is 1. The van der Waals surface area contributed by atoms with Crippen LogP contribution in [0.25, 0.3) is 22.3 Å². The molecule has 4 aromatic rings. The van der Waals surface area contributed by atoms with Gasteiger partial charge in [-0.15, -0.1) is 0 Å². The number of hydrogen-bond acceptors (Lipinski definition) is 5. The molecule has 0 spiro atoms. The molecule has 2 aromatic heterocycles. The molecule has 0 fully saturated rings. The number of halogens is 3. The lowest BCUT2D eigenvalue weighted by Crippen LogP contribution is -2.23. The SMILES string of the molecule is CC(Nc1nc2nccn2c2ccc(C3=CCN(C)CC3)cc12)c1cc(N)cc(C(F)(F)F)c1.